The van der Waals surface area contributed by atoms with Crippen LogP contribution in [0.2, 0.25) is 0 Å². The molecular weight excluding hydrogens is 414 g/mol. The Morgan fingerprint density at radius 1 is 1.09 bits per heavy atom. The van der Waals surface area contributed by atoms with Crippen molar-refractivity contribution in [2.75, 3.05) is 34.4 Å². The lowest BCUT2D eigenvalue weighted by Crippen LogP contribution is -2.36. The Morgan fingerprint density at radius 3 is 2.41 bits per heavy atom. The van der Waals surface area contributed by atoms with E-state index in [0.717, 1.165) is 24.0 Å². The van der Waals surface area contributed by atoms with E-state index in [2.05, 4.69) is 10.2 Å². The molecule has 0 spiro atoms. The molecule has 1 aromatic carbocycles. The van der Waals surface area contributed by atoms with Crippen LogP contribution < -0.4 is 14.2 Å². The van der Waals surface area contributed by atoms with Gasteiger partial charge in [-0.2, -0.15) is 0 Å². The van der Waals surface area contributed by atoms with E-state index in [-0.39, 0.29) is 11.8 Å². The molecule has 9 nitrogen and oxygen atoms in total. The summed E-state index contributed by atoms with van der Waals surface area (Å²) in [7, 11) is 4.67. The molecule has 168 valence electrons. The number of furan rings is 1. The van der Waals surface area contributed by atoms with Crippen LogP contribution >= 0.6 is 0 Å². The molecule has 0 unspecified atom stereocenters. The molecule has 1 aliphatic rings. The van der Waals surface area contributed by atoms with Gasteiger partial charge in [0.25, 0.3) is 5.89 Å². The summed E-state index contributed by atoms with van der Waals surface area (Å²) in [6.07, 6.45) is 7.96. The van der Waals surface area contributed by atoms with Crippen LogP contribution in [0.1, 0.15) is 30.2 Å². The first-order valence-electron chi connectivity index (χ1n) is 10.3. The maximum atomic E-state index is 12.7. The molecule has 3 heterocycles. The largest absolute Gasteiger partial charge is 0.493 e. The second kappa shape index (κ2) is 9.59. The average Bonchev–Trinajstić information content (AvgIpc) is 3.54. The molecule has 9 heteroatoms. The highest BCUT2D eigenvalue weighted by atomic mass is 16.5. The van der Waals surface area contributed by atoms with Crippen molar-refractivity contribution < 1.29 is 27.8 Å². The molecule has 1 fully saturated rings. The molecule has 0 atom stereocenters. The number of hydrogen-bond donors (Lipinski definition) is 0. The Bertz CT molecular complexity index is 1060. The van der Waals surface area contributed by atoms with Crippen LogP contribution in [0.3, 0.4) is 0 Å². The normalized spacial score (nSPS) is 14.7. The van der Waals surface area contributed by atoms with E-state index in [9.17, 15) is 4.79 Å². The van der Waals surface area contributed by atoms with Gasteiger partial charge in [0.15, 0.2) is 11.5 Å². The van der Waals surface area contributed by atoms with Gasteiger partial charge >= 0.3 is 0 Å². The second-order valence-corrected chi connectivity index (χ2v) is 7.35. The van der Waals surface area contributed by atoms with Crippen molar-refractivity contribution in [1.29, 1.82) is 0 Å². The Hall–Kier alpha value is -3.75. The Kier molecular flexibility index (Phi) is 6.44. The minimum absolute atomic E-state index is 0.0539. The lowest BCUT2D eigenvalue weighted by atomic mass is 9.97. The lowest BCUT2D eigenvalue weighted by molar-refractivity contribution is -0.127. The topological polar surface area (TPSA) is 100 Å². The van der Waals surface area contributed by atoms with Crippen LogP contribution in [0.15, 0.2) is 45.6 Å². The van der Waals surface area contributed by atoms with E-state index in [1.807, 2.05) is 4.90 Å². The summed E-state index contributed by atoms with van der Waals surface area (Å²) in [6.45, 7) is 1.24. The van der Waals surface area contributed by atoms with Crippen molar-refractivity contribution in [2.45, 2.75) is 18.8 Å². The molecule has 0 N–H and O–H groups in total. The number of piperidine rings is 1. The summed E-state index contributed by atoms with van der Waals surface area (Å²) in [5.41, 5.74) is 1.54. The summed E-state index contributed by atoms with van der Waals surface area (Å²) in [4.78, 5) is 14.5. The van der Waals surface area contributed by atoms with Crippen molar-refractivity contribution in [3.05, 3.63) is 48.3 Å². The summed E-state index contributed by atoms with van der Waals surface area (Å²) < 4.78 is 26.9. The highest BCUT2D eigenvalue weighted by molar-refractivity contribution is 5.92. The number of rotatable bonds is 7. The summed E-state index contributed by atoms with van der Waals surface area (Å²) in [5.74, 6) is 2.70. The van der Waals surface area contributed by atoms with E-state index >= 15 is 0 Å². The van der Waals surface area contributed by atoms with E-state index < -0.39 is 0 Å². The molecule has 0 bridgehead atoms. The van der Waals surface area contributed by atoms with E-state index in [1.165, 1.54) is 0 Å². The van der Waals surface area contributed by atoms with Crippen molar-refractivity contribution in [2.24, 2.45) is 0 Å². The monoisotopic (exact) mass is 439 g/mol. The SMILES string of the molecule is COc1cc(C=CC(=O)N2CCC(c3nnc(-c4ccoc4)o3)CC2)cc(OC)c1OC. The Balaban J connectivity index is 1.37. The van der Waals surface area contributed by atoms with Gasteiger partial charge in [-0.05, 0) is 42.7 Å². The highest BCUT2D eigenvalue weighted by Gasteiger charge is 2.27. The van der Waals surface area contributed by atoms with E-state index in [4.69, 9.17) is 23.0 Å². The molecule has 1 aliphatic heterocycles. The third-order valence-electron chi connectivity index (χ3n) is 5.47. The van der Waals surface area contributed by atoms with E-state index in [0.29, 0.717) is 42.1 Å². The fourth-order valence-electron chi connectivity index (χ4n) is 3.72. The number of aromatic nitrogens is 2. The minimum Gasteiger partial charge on any atom is -0.493 e. The first-order valence-corrected chi connectivity index (χ1v) is 10.3. The van der Waals surface area contributed by atoms with Gasteiger partial charge in [-0.3, -0.25) is 4.79 Å². The van der Waals surface area contributed by atoms with Crippen molar-refractivity contribution in [3.8, 4) is 28.7 Å². The van der Waals surface area contributed by atoms with Crippen LogP contribution in [0.5, 0.6) is 17.2 Å². The number of ether oxygens (including phenoxy) is 3. The zero-order valence-corrected chi connectivity index (χ0v) is 18.2. The summed E-state index contributed by atoms with van der Waals surface area (Å²) in [6, 6.07) is 5.37. The summed E-state index contributed by atoms with van der Waals surface area (Å²) >= 11 is 0. The van der Waals surface area contributed by atoms with Crippen LogP contribution in [0.4, 0.5) is 0 Å². The molecule has 4 rings (SSSR count). The zero-order chi connectivity index (χ0) is 22.5. The number of carbonyl (C=O) groups is 1. The fourth-order valence-corrected chi connectivity index (χ4v) is 3.72. The van der Waals surface area contributed by atoms with Gasteiger partial charge in [-0.1, -0.05) is 0 Å². The fraction of sp³-hybridized carbons (Fsp3) is 0.348. The first kappa shape index (κ1) is 21.5. The highest BCUT2D eigenvalue weighted by Crippen LogP contribution is 2.38. The van der Waals surface area contributed by atoms with Crippen LogP contribution in [0.25, 0.3) is 17.5 Å². The van der Waals surface area contributed by atoms with Gasteiger partial charge in [0.1, 0.15) is 6.26 Å². The average molecular weight is 439 g/mol. The predicted molar refractivity (Wildman–Crippen MR) is 116 cm³/mol. The van der Waals surface area contributed by atoms with Crippen molar-refractivity contribution in [1.82, 2.24) is 15.1 Å². The number of likely N-dealkylation sites (tertiary alicyclic amines) is 1. The Morgan fingerprint density at radius 2 is 1.81 bits per heavy atom. The maximum Gasteiger partial charge on any atom is 0.250 e. The maximum absolute atomic E-state index is 12.7. The van der Waals surface area contributed by atoms with Gasteiger partial charge < -0.3 is 27.9 Å². The zero-order valence-electron chi connectivity index (χ0n) is 18.2. The van der Waals surface area contributed by atoms with Gasteiger partial charge in [0.2, 0.25) is 17.5 Å². The minimum atomic E-state index is -0.0539. The molecule has 0 radical (unpaired) electrons. The van der Waals surface area contributed by atoms with Crippen molar-refractivity contribution >= 4 is 12.0 Å². The third kappa shape index (κ3) is 4.46. The molecule has 0 aliphatic carbocycles. The lowest BCUT2D eigenvalue weighted by Gasteiger charge is -2.29. The molecule has 1 saturated heterocycles. The third-order valence-corrected chi connectivity index (χ3v) is 5.47. The molecule has 3 aromatic rings. The quantitative estimate of drug-likeness (QED) is 0.513. The number of amides is 1. The van der Waals surface area contributed by atoms with Crippen LogP contribution in [-0.2, 0) is 4.79 Å². The molecule has 2 aromatic heterocycles. The standard InChI is InChI=1S/C23H25N3O6/c1-28-18-12-15(13-19(29-2)21(18)30-3)4-5-20(27)26-9-6-16(7-10-26)22-24-25-23(32-22)17-8-11-31-14-17/h4-5,8,11-14,16H,6-7,9-10H2,1-3H3. The molecule has 1 amide bonds. The number of methoxy groups -OCH3 is 3. The van der Waals surface area contributed by atoms with Gasteiger partial charge in [-0.15, -0.1) is 10.2 Å². The van der Waals surface area contributed by atoms with Crippen LogP contribution in [-0.4, -0.2) is 55.4 Å². The second-order valence-electron chi connectivity index (χ2n) is 7.35. The predicted octanol–water partition coefficient (Wildman–Crippen LogP) is 3.77. The van der Waals surface area contributed by atoms with E-state index in [1.54, 1.807) is 64.2 Å². The summed E-state index contributed by atoms with van der Waals surface area (Å²) in [5, 5.41) is 8.27. The Labute approximate surface area is 185 Å². The van der Waals surface area contributed by atoms with Gasteiger partial charge in [0, 0.05) is 25.1 Å². The number of carbonyl (C=O) groups excluding carboxylic acids is 1. The van der Waals surface area contributed by atoms with Gasteiger partial charge in [-0.25, -0.2) is 0 Å². The number of hydrogen-bond acceptors (Lipinski definition) is 8. The molecular formula is C23H25N3O6. The van der Waals surface area contributed by atoms with Gasteiger partial charge in [0.05, 0.1) is 33.2 Å². The van der Waals surface area contributed by atoms with Crippen LogP contribution in [0, 0.1) is 0 Å². The molecule has 0 saturated carbocycles. The number of benzene rings is 1. The first-order chi connectivity index (χ1) is 15.6. The number of nitrogens with zero attached hydrogens (tertiary/aromatic N) is 3. The molecule has 32 heavy (non-hydrogen) atoms. The smallest absolute Gasteiger partial charge is 0.250 e. The van der Waals surface area contributed by atoms with Crippen molar-refractivity contribution in [3.63, 3.8) is 0 Å².